The van der Waals surface area contributed by atoms with Crippen LogP contribution in [0.3, 0.4) is 0 Å². The number of nitrogens with zero attached hydrogens (tertiary/aromatic N) is 1. The molecule has 2 N–H and O–H groups in total. The highest BCUT2D eigenvalue weighted by Crippen LogP contribution is 2.44. The number of aromatic nitrogens is 1. The maximum Gasteiger partial charge on any atom is 0.416 e. The van der Waals surface area contributed by atoms with E-state index in [1.54, 1.807) is 12.1 Å². The zero-order valence-electron chi connectivity index (χ0n) is 18.2. The van der Waals surface area contributed by atoms with E-state index in [2.05, 4.69) is 5.32 Å². The molecular weight excluding hydrogens is 433 g/mol. The molecule has 1 amide bonds. The van der Waals surface area contributed by atoms with Gasteiger partial charge in [-0.25, -0.2) is 0 Å². The van der Waals surface area contributed by atoms with Crippen LogP contribution in [0.25, 0.3) is 10.9 Å². The maximum atomic E-state index is 13.1. The summed E-state index contributed by atoms with van der Waals surface area (Å²) in [6.45, 7) is 2.37. The molecule has 5 nitrogen and oxygen atoms in total. The highest BCUT2D eigenvalue weighted by Gasteiger charge is 2.41. The lowest BCUT2D eigenvalue weighted by molar-refractivity contribution is -0.138. The van der Waals surface area contributed by atoms with Crippen molar-refractivity contribution in [2.45, 2.75) is 51.4 Å². The first kappa shape index (κ1) is 22.9. The number of fused-ring (bicyclic) bond motifs is 1. The summed E-state index contributed by atoms with van der Waals surface area (Å²) in [5, 5.41) is 12.8. The van der Waals surface area contributed by atoms with Crippen molar-refractivity contribution in [3.8, 4) is 0 Å². The van der Waals surface area contributed by atoms with Crippen LogP contribution in [0.1, 0.15) is 54.1 Å². The van der Waals surface area contributed by atoms with Gasteiger partial charge in [0.15, 0.2) is 0 Å². The van der Waals surface area contributed by atoms with Crippen LogP contribution in [0.5, 0.6) is 0 Å². The largest absolute Gasteiger partial charge is 0.481 e. The van der Waals surface area contributed by atoms with Crippen LogP contribution in [-0.4, -0.2) is 27.6 Å². The molecule has 1 heterocycles. The molecule has 33 heavy (non-hydrogen) atoms. The van der Waals surface area contributed by atoms with Crippen LogP contribution in [0, 0.1) is 5.41 Å². The first-order valence-corrected chi connectivity index (χ1v) is 10.8. The second-order valence-corrected chi connectivity index (χ2v) is 9.16. The van der Waals surface area contributed by atoms with Gasteiger partial charge in [0.2, 0.25) is 0 Å². The zero-order chi connectivity index (χ0) is 23.8. The number of benzene rings is 2. The van der Waals surface area contributed by atoms with Crippen LogP contribution in [0.15, 0.2) is 54.7 Å². The number of amides is 1. The van der Waals surface area contributed by atoms with Gasteiger partial charge >= 0.3 is 12.1 Å². The molecule has 0 unspecified atom stereocenters. The Labute approximate surface area is 189 Å². The molecule has 1 saturated carbocycles. The molecule has 1 aliphatic rings. The van der Waals surface area contributed by atoms with Gasteiger partial charge in [-0.3, -0.25) is 9.59 Å². The fourth-order valence-corrected chi connectivity index (χ4v) is 4.68. The third-order valence-electron chi connectivity index (χ3n) is 6.42. The lowest BCUT2D eigenvalue weighted by Crippen LogP contribution is -2.49. The van der Waals surface area contributed by atoms with Gasteiger partial charge in [-0.1, -0.05) is 31.2 Å². The Balaban J connectivity index is 1.49. The van der Waals surface area contributed by atoms with Crippen LogP contribution >= 0.6 is 0 Å². The number of para-hydroxylation sites is 1. The van der Waals surface area contributed by atoms with Crippen LogP contribution in [-0.2, 0) is 17.5 Å². The third-order valence-corrected chi connectivity index (χ3v) is 6.42. The number of alkyl halides is 3. The minimum Gasteiger partial charge on any atom is -0.481 e. The topological polar surface area (TPSA) is 71.3 Å². The maximum absolute atomic E-state index is 13.1. The van der Waals surface area contributed by atoms with E-state index in [9.17, 15) is 22.8 Å². The number of carbonyl (C=O) groups is 2. The second kappa shape index (κ2) is 8.57. The van der Waals surface area contributed by atoms with E-state index in [1.807, 2.05) is 29.8 Å². The molecule has 4 rings (SSSR count). The van der Waals surface area contributed by atoms with Gasteiger partial charge in [0, 0.05) is 30.6 Å². The Hall–Kier alpha value is -3.29. The standard InChI is InChI=1S/C25H25F3N2O3/c1-24(11-9-21(31)32)13-19(14-24)29-23(33)20-4-2-3-17-10-12-30(22(17)20)15-16-5-7-18(8-6-16)25(26,27)28/h2-8,10,12,19H,9,11,13-15H2,1H3,(H,29,33)(H,31,32). The average Bonchev–Trinajstić information content (AvgIpc) is 3.14. The Morgan fingerprint density at radius 3 is 2.45 bits per heavy atom. The number of rotatable bonds is 7. The number of carboxylic acid groups (broad SMARTS) is 1. The lowest BCUT2D eigenvalue weighted by atomic mass is 9.64. The van der Waals surface area contributed by atoms with Gasteiger partial charge < -0.3 is 15.0 Å². The van der Waals surface area contributed by atoms with Crippen molar-refractivity contribution in [2.75, 3.05) is 0 Å². The van der Waals surface area contributed by atoms with Crippen LogP contribution in [0.2, 0.25) is 0 Å². The summed E-state index contributed by atoms with van der Waals surface area (Å²) >= 11 is 0. The number of hydrogen-bond donors (Lipinski definition) is 2. The van der Waals surface area contributed by atoms with Gasteiger partial charge in [-0.05, 0) is 54.5 Å². The van der Waals surface area contributed by atoms with Gasteiger partial charge in [0.25, 0.3) is 5.91 Å². The molecule has 0 saturated heterocycles. The van der Waals surface area contributed by atoms with E-state index in [1.165, 1.54) is 12.1 Å². The third kappa shape index (κ3) is 5.05. The minimum atomic E-state index is -4.38. The predicted octanol–water partition coefficient (Wildman–Crippen LogP) is 5.47. The number of halogens is 3. The molecule has 0 bridgehead atoms. The summed E-state index contributed by atoms with van der Waals surface area (Å²) < 4.78 is 40.4. The summed E-state index contributed by atoms with van der Waals surface area (Å²) in [4.78, 5) is 23.9. The van der Waals surface area contributed by atoms with E-state index in [0.29, 0.717) is 24.1 Å². The number of carboxylic acids is 1. The fraction of sp³-hybridized carbons (Fsp3) is 0.360. The lowest BCUT2D eigenvalue weighted by Gasteiger charge is -2.45. The summed E-state index contributed by atoms with van der Waals surface area (Å²) in [7, 11) is 0. The quantitative estimate of drug-likeness (QED) is 0.493. The molecular formula is C25H25F3N2O3. The van der Waals surface area contributed by atoms with Crippen molar-refractivity contribution >= 4 is 22.8 Å². The zero-order valence-corrected chi connectivity index (χ0v) is 18.2. The highest BCUT2D eigenvalue weighted by atomic mass is 19.4. The number of aliphatic carboxylic acids is 1. The monoisotopic (exact) mass is 458 g/mol. The molecule has 1 aromatic heterocycles. The molecule has 1 aliphatic carbocycles. The van der Waals surface area contributed by atoms with E-state index < -0.39 is 17.7 Å². The molecule has 0 radical (unpaired) electrons. The van der Waals surface area contributed by atoms with Crippen molar-refractivity contribution in [3.05, 3.63) is 71.4 Å². The van der Waals surface area contributed by atoms with Crippen molar-refractivity contribution in [1.29, 1.82) is 0 Å². The van der Waals surface area contributed by atoms with Crippen molar-refractivity contribution in [1.82, 2.24) is 9.88 Å². The van der Waals surface area contributed by atoms with E-state index >= 15 is 0 Å². The summed E-state index contributed by atoms with van der Waals surface area (Å²) in [6, 6.07) is 12.3. The van der Waals surface area contributed by atoms with Crippen LogP contribution < -0.4 is 5.32 Å². The first-order valence-electron chi connectivity index (χ1n) is 10.8. The Bertz CT molecular complexity index is 1180. The van der Waals surface area contributed by atoms with Crippen molar-refractivity contribution in [2.24, 2.45) is 5.41 Å². The molecule has 174 valence electrons. The van der Waals surface area contributed by atoms with E-state index in [0.717, 1.165) is 35.9 Å². The van der Waals surface area contributed by atoms with Crippen molar-refractivity contribution < 1.29 is 27.9 Å². The summed E-state index contributed by atoms with van der Waals surface area (Å²) in [5.41, 5.74) is 1.15. The summed E-state index contributed by atoms with van der Waals surface area (Å²) in [6.07, 6.45) is -0.391. The molecule has 0 aliphatic heterocycles. The smallest absolute Gasteiger partial charge is 0.416 e. The molecule has 3 aromatic rings. The summed E-state index contributed by atoms with van der Waals surface area (Å²) in [5.74, 6) is -1.03. The van der Waals surface area contributed by atoms with Gasteiger partial charge in [-0.2, -0.15) is 13.2 Å². The Morgan fingerprint density at radius 1 is 1.12 bits per heavy atom. The molecule has 1 fully saturated rings. The molecule has 2 aromatic carbocycles. The Morgan fingerprint density at radius 2 is 1.82 bits per heavy atom. The minimum absolute atomic E-state index is 0.00937. The predicted molar refractivity (Wildman–Crippen MR) is 118 cm³/mol. The second-order valence-electron chi connectivity index (χ2n) is 9.16. The number of hydrogen-bond acceptors (Lipinski definition) is 2. The SMILES string of the molecule is CC1(CCC(=O)O)CC(NC(=O)c2cccc3ccn(Cc4ccc(C(F)(F)F)cc4)c23)C1. The van der Waals surface area contributed by atoms with E-state index in [-0.39, 0.29) is 23.8 Å². The van der Waals surface area contributed by atoms with E-state index in [4.69, 9.17) is 5.11 Å². The number of nitrogens with one attached hydrogen (secondary N) is 1. The first-order chi connectivity index (χ1) is 15.5. The van der Waals surface area contributed by atoms with Gasteiger partial charge in [-0.15, -0.1) is 0 Å². The highest BCUT2D eigenvalue weighted by molar-refractivity contribution is 6.06. The normalized spacial score (nSPS) is 20.4. The average molecular weight is 458 g/mol. The molecule has 0 atom stereocenters. The van der Waals surface area contributed by atoms with Gasteiger partial charge in [0.1, 0.15) is 0 Å². The van der Waals surface area contributed by atoms with Crippen molar-refractivity contribution in [3.63, 3.8) is 0 Å². The molecule has 8 heteroatoms. The van der Waals surface area contributed by atoms with Crippen LogP contribution in [0.4, 0.5) is 13.2 Å². The number of carbonyl (C=O) groups excluding carboxylic acids is 1. The molecule has 0 spiro atoms. The fourth-order valence-electron chi connectivity index (χ4n) is 4.68. The van der Waals surface area contributed by atoms with Gasteiger partial charge in [0.05, 0.1) is 16.6 Å². The Kier molecular flexibility index (Phi) is 5.95.